The van der Waals surface area contributed by atoms with E-state index in [9.17, 15) is 4.79 Å². The summed E-state index contributed by atoms with van der Waals surface area (Å²) in [6, 6.07) is -0.0835. The van der Waals surface area contributed by atoms with Crippen LogP contribution in [0.1, 0.15) is 47.5 Å². The van der Waals surface area contributed by atoms with E-state index in [-0.39, 0.29) is 12.0 Å². The molecule has 1 unspecified atom stereocenters. The molecule has 0 saturated heterocycles. The van der Waals surface area contributed by atoms with Gasteiger partial charge in [-0.25, -0.2) is 0 Å². The first-order chi connectivity index (χ1) is 7.58. The molecule has 0 aliphatic rings. The minimum Gasteiger partial charge on any atom is -0.465 e. The Morgan fingerprint density at radius 1 is 1.12 bits per heavy atom. The van der Waals surface area contributed by atoms with Crippen molar-refractivity contribution >= 4 is 5.97 Å². The quantitative estimate of drug-likeness (QED) is 0.599. The highest BCUT2D eigenvalue weighted by molar-refractivity contribution is 5.76. The predicted molar refractivity (Wildman–Crippen MR) is 67.4 cm³/mol. The Morgan fingerprint density at radius 2 is 1.62 bits per heavy atom. The maximum atomic E-state index is 11.9. The molecule has 0 bridgehead atoms. The maximum Gasteiger partial charge on any atom is 0.323 e. The number of esters is 1. The van der Waals surface area contributed by atoms with Gasteiger partial charge in [-0.05, 0) is 38.8 Å². The fourth-order valence-electron chi connectivity index (χ4n) is 2.03. The number of hydrogen-bond acceptors (Lipinski definition) is 3. The largest absolute Gasteiger partial charge is 0.465 e. The molecule has 16 heavy (non-hydrogen) atoms. The summed E-state index contributed by atoms with van der Waals surface area (Å²) in [5, 5.41) is 0. The van der Waals surface area contributed by atoms with E-state index in [1.165, 1.54) is 0 Å². The average Bonchev–Trinajstić information content (AvgIpc) is 2.18. The Kier molecular flexibility index (Phi) is 8.26. The molecule has 0 rings (SSSR count). The summed E-state index contributed by atoms with van der Waals surface area (Å²) < 4.78 is 5.16. The van der Waals surface area contributed by atoms with Crippen LogP contribution in [0.2, 0.25) is 0 Å². The summed E-state index contributed by atoms with van der Waals surface area (Å²) in [5.41, 5.74) is 0. The monoisotopic (exact) mass is 229 g/mol. The molecule has 0 radical (unpaired) electrons. The molecule has 3 heteroatoms. The first-order valence-electron chi connectivity index (χ1n) is 6.49. The minimum absolute atomic E-state index is 0.0700. The Balaban J connectivity index is 4.62. The molecule has 0 aliphatic carbocycles. The van der Waals surface area contributed by atoms with E-state index in [4.69, 9.17) is 4.74 Å². The summed E-state index contributed by atoms with van der Waals surface area (Å²) in [5.74, 6) is 0.233. The second kappa shape index (κ2) is 8.57. The van der Waals surface area contributed by atoms with E-state index in [1.54, 1.807) is 0 Å². The van der Waals surface area contributed by atoms with Crippen LogP contribution in [0.3, 0.4) is 0 Å². The fraction of sp³-hybridized carbons (Fsp3) is 0.923. The molecule has 0 aromatic carbocycles. The van der Waals surface area contributed by atoms with Gasteiger partial charge in [0.2, 0.25) is 0 Å². The van der Waals surface area contributed by atoms with Crippen LogP contribution in [0.5, 0.6) is 0 Å². The third-order valence-electron chi connectivity index (χ3n) is 2.57. The normalized spacial score (nSPS) is 13.2. The SMILES string of the molecule is CCCN(CCC)C(C(=O)OCC)C(C)C. The summed E-state index contributed by atoms with van der Waals surface area (Å²) in [4.78, 5) is 14.2. The van der Waals surface area contributed by atoms with Crippen molar-refractivity contribution < 1.29 is 9.53 Å². The van der Waals surface area contributed by atoms with Gasteiger partial charge in [-0.15, -0.1) is 0 Å². The van der Waals surface area contributed by atoms with Gasteiger partial charge in [-0.2, -0.15) is 0 Å². The van der Waals surface area contributed by atoms with Crippen molar-refractivity contribution in [3.8, 4) is 0 Å². The van der Waals surface area contributed by atoms with Gasteiger partial charge in [0.15, 0.2) is 0 Å². The van der Waals surface area contributed by atoms with E-state index >= 15 is 0 Å². The van der Waals surface area contributed by atoms with Gasteiger partial charge in [0.25, 0.3) is 0 Å². The van der Waals surface area contributed by atoms with Crippen LogP contribution in [0.4, 0.5) is 0 Å². The van der Waals surface area contributed by atoms with Gasteiger partial charge < -0.3 is 4.74 Å². The summed E-state index contributed by atoms with van der Waals surface area (Å²) in [6.07, 6.45) is 2.14. The average molecular weight is 229 g/mol. The van der Waals surface area contributed by atoms with Crippen molar-refractivity contribution in [1.29, 1.82) is 0 Å². The molecule has 1 atom stereocenters. The van der Waals surface area contributed by atoms with Crippen molar-refractivity contribution in [3.63, 3.8) is 0 Å². The van der Waals surface area contributed by atoms with Gasteiger partial charge in [-0.3, -0.25) is 9.69 Å². The number of hydrogen-bond donors (Lipinski definition) is 0. The first kappa shape index (κ1) is 15.4. The highest BCUT2D eigenvalue weighted by atomic mass is 16.5. The van der Waals surface area contributed by atoms with E-state index in [0.717, 1.165) is 25.9 Å². The van der Waals surface area contributed by atoms with Gasteiger partial charge in [0.1, 0.15) is 6.04 Å². The molecular weight excluding hydrogens is 202 g/mol. The zero-order valence-corrected chi connectivity index (χ0v) is 11.5. The number of carbonyl (C=O) groups excluding carboxylic acids is 1. The topological polar surface area (TPSA) is 29.5 Å². The predicted octanol–water partition coefficient (Wildman–Crippen LogP) is 2.70. The third kappa shape index (κ3) is 4.97. The van der Waals surface area contributed by atoms with E-state index in [2.05, 4.69) is 32.6 Å². The number of carbonyl (C=O) groups is 1. The summed E-state index contributed by atoms with van der Waals surface area (Å²) >= 11 is 0. The lowest BCUT2D eigenvalue weighted by Gasteiger charge is -2.32. The lowest BCUT2D eigenvalue weighted by Crippen LogP contribution is -2.46. The highest BCUT2D eigenvalue weighted by Crippen LogP contribution is 2.14. The standard InChI is InChI=1S/C13H27NO2/c1-6-9-14(10-7-2)12(11(4)5)13(15)16-8-3/h11-12H,6-10H2,1-5H3. The van der Waals surface area contributed by atoms with Crippen molar-refractivity contribution in [1.82, 2.24) is 4.90 Å². The van der Waals surface area contributed by atoms with Crippen molar-refractivity contribution in [3.05, 3.63) is 0 Å². The number of ether oxygens (including phenoxy) is 1. The maximum absolute atomic E-state index is 11.9. The summed E-state index contributed by atoms with van der Waals surface area (Å²) in [6.45, 7) is 12.7. The van der Waals surface area contributed by atoms with Gasteiger partial charge in [0.05, 0.1) is 6.61 Å². The smallest absolute Gasteiger partial charge is 0.323 e. The van der Waals surface area contributed by atoms with Crippen LogP contribution in [-0.2, 0) is 9.53 Å². The molecule has 0 heterocycles. The van der Waals surface area contributed by atoms with Crippen LogP contribution < -0.4 is 0 Å². The Labute approximate surface area is 100 Å². The fourth-order valence-corrected chi connectivity index (χ4v) is 2.03. The van der Waals surface area contributed by atoms with Crippen LogP contribution in [0, 0.1) is 5.92 Å². The minimum atomic E-state index is -0.0835. The van der Waals surface area contributed by atoms with E-state index in [0.29, 0.717) is 12.5 Å². The summed E-state index contributed by atoms with van der Waals surface area (Å²) in [7, 11) is 0. The molecule has 0 aromatic rings. The Hall–Kier alpha value is -0.570. The molecule has 0 spiro atoms. The molecule has 0 amide bonds. The molecule has 0 N–H and O–H groups in total. The molecule has 0 fully saturated rings. The van der Waals surface area contributed by atoms with Crippen LogP contribution in [-0.4, -0.2) is 36.6 Å². The van der Waals surface area contributed by atoms with Crippen molar-refractivity contribution in [2.24, 2.45) is 5.92 Å². The molecule has 96 valence electrons. The van der Waals surface area contributed by atoms with Gasteiger partial charge >= 0.3 is 5.97 Å². The highest BCUT2D eigenvalue weighted by Gasteiger charge is 2.28. The molecule has 3 nitrogen and oxygen atoms in total. The van der Waals surface area contributed by atoms with Crippen LogP contribution >= 0.6 is 0 Å². The lowest BCUT2D eigenvalue weighted by molar-refractivity contribution is -0.151. The molecule has 0 saturated carbocycles. The number of rotatable bonds is 8. The zero-order chi connectivity index (χ0) is 12.6. The van der Waals surface area contributed by atoms with Gasteiger partial charge in [-0.1, -0.05) is 27.7 Å². The third-order valence-corrected chi connectivity index (χ3v) is 2.57. The first-order valence-corrected chi connectivity index (χ1v) is 6.49. The Bertz CT molecular complexity index is 186. The second-order valence-corrected chi connectivity index (χ2v) is 4.48. The lowest BCUT2D eigenvalue weighted by atomic mass is 10.0. The van der Waals surface area contributed by atoms with Crippen molar-refractivity contribution in [2.45, 2.75) is 53.5 Å². The second-order valence-electron chi connectivity index (χ2n) is 4.48. The van der Waals surface area contributed by atoms with E-state index < -0.39 is 0 Å². The van der Waals surface area contributed by atoms with Crippen LogP contribution in [0.25, 0.3) is 0 Å². The molecular formula is C13H27NO2. The van der Waals surface area contributed by atoms with Crippen molar-refractivity contribution in [2.75, 3.05) is 19.7 Å². The Morgan fingerprint density at radius 3 is 1.94 bits per heavy atom. The van der Waals surface area contributed by atoms with E-state index in [1.807, 2.05) is 6.92 Å². The zero-order valence-electron chi connectivity index (χ0n) is 11.5. The van der Waals surface area contributed by atoms with Crippen LogP contribution in [0.15, 0.2) is 0 Å². The molecule has 0 aromatic heterocycles. The molecule has 0 aliphatic heterocycles. The van der Waals surface area contributed by atoms with Gasteiger partial charge in [0, 0.05) is 0 Å². The number of nitrogens with zero attached hydrogens (tertiary/aromatic N) is 1.